The number of sulfonamides is 1. The van der Waals surface area contributed by atoms with Crippen molar-refractivity contribution in [2.45, 2.75) is 31.1 Å². The Morgan fingerprint density at radius 1 is 1.32 bits per heavy atom. The van der Waals surface area contributed by atoms with Crippen molar-refractivity contribution in [3.05, 3.63) is 29.6 Å². The van der Waals surface area contributed by atoms with Crippen LogP contribution in [0.25, 0.3) is 0 Å². The average molecular weight is 332 g/mol. The molecule has 0 amide bonds. The standard InChI is InChI=1S/C14H20FNO5S/c1-2-3-8-21-9-4-7-16-22(19,20)13-10-11(14(17)18)5-6-12(13)15/h5-6,10,16H,2-4,7-9H2,1H3,(H,17,18)/p-1. The third kappa shape index (κ3) is 5.70. The van der Waals surface area contributed by atoms with E-state index in [1.165, 1.54) is 0 Å². The third-order valence-electron chi connectivity index (χ3n) is 2.86. The number of carbonyl (C=O) groups excluding carboxylic acids is 1. The largest absolute Gasteiger partial charge is 0.545 e. The Morgan fingerprint density at radius 3 is 2.64 bits per heavy atom. The number of aromatic carboxylic acids is 1. The second-order valence-corrected chi connectivity index (χ2v) is 6.39. The number of carbonyl (C=O) groups is 1. The number of nitrogens with one attached hydrogen (secondary N) is 1. The molecule has 1 N–H and O–H groups in total. The van der Waals surface area contributed by atoms with E-state index in [9.17, 15) is 22.7 Å². The van der Waals surface area contributed by atoms with Crippen LogP contribution in [0.4, 0.5) is 4.39 Å². The molecular formula is C14H19FNO5S-. The van der Waals surface area contributed by atoms with E-state index >= 15 is 0 Å². The lowest BCUT2D eigenvalue weighted by atomic mass is 10.2. The van der Waals surface area contributed by atoms with Gasteiger partial charge in [0.1, 0.15) is 10.7 Å². The zero-order chi connectivity index (χ0) is 16.6. The van der Waals surface area contributed by atoms with Crippen LogP contribution in [0.15, 0.2) is 23.1 Å². The van der Waals surface area contributed by atoms with Gasteiger partial charge < -0.3 is 14.6 Å². The molecule has 0 unspecified atom stereocenters. The molecule has 1 aromatic rings. The summed E-state index contributed by atoms with van der Waals surface area (Å²) in [5.74, 6) is -2.59. The van der Waals surface area contributed by atoms with Gasteiger partial charge in [-0.1, -0.05) is 19.4 Å². The van der Waals surface area contributed by atoms with Gasteiger partial charge in [-0.3, -0.25) is 0 Å². The summed E-state index contributed by atoms with van der Waals surface area (Å²) in [5.41, 5.74) is -0.398. The molecule has 0 aromatic heterocycles. The van der Waals surface area contributed by atoms with Crippen LogP contribution in [0.3, 0.4) is 0 Å². The van der Waals surface area contributed by atoms with Crippen LogP contribution < -0.4 is 9.83 Å². The summed E-state index contributed by atoms with van der Waals surface area (Å²) in [6, 6.07) is 2.48. The summed E-state index contributed by atoms with van der Waals surface area (Å²) in [5, 5.41) is 10.7. The fourth-order valence-electron chi connectivity index (χ4n) is 1.64. The first kappa shape index (κ1) is 18.5. The van der Waals surface area contributed by atoms with E-state index in [-0.39, 0.29) is 6.54 Å². The number of rotatable bonds is 10. The second kappa shape index (κ2) is 8.82. The van der Waals surface area contributed by atoms with Crippen LogP contribution in [-0.4, -0.2) is 34.1 Å². The van der Waals surface area contributed by atoms with Gasteiger partial charge in [0.15, 0.2) is 0 Å². The van der Waals surface area contributed by atoms with Crippen molar-refractivity contribution in [3.63, 3.8) is 0 Å². The molecule has 8 heteroatoms. The second-order valence-electron chi connectivity index (χ2n) is 4.65. The number of ether oxygens (including phenoxy) is 1. The Labute approximate surface area is 129 Å². The Morgan fingerprint density at radius 2 is 2.00 bits per heavy atom. The number of hydrogen-bond acceptors (Lipinski definition) is 5. The van der Waals surface area contributed by atoms with Crippen molar-refractivity contribution in [2.24, 2.45) is 0 Å². The summed E-state index contributed by atoms with van der Waals surface area (Å²) in [6.07, 6.45) is 2.39. The predicted octanol–water partition coefficient (Wildman–Crippen LogP) is 0.674. The lowest BCUT2D eigenvalue weighted by Crippen LogP contribution is -2.28. The molecule has 6 nitrogen and oxygen atoms in total. The maximum atomic E-state index is 13.6. The predicted molar refractivity (Wildman–Crippen MR) is 76.3 cm³/mol. The van der Waals surface area contributed by atoms with Gasteiger partial charge in [0.05, 0.1) is 5.97 Å². The number of carboxylic acids is 1. The zero-order valence-corrected chi connectivity index (χ0v) is 13.1. The van der Waals surface area contributed by atoms with Gasteiger partial charge in [0, 0.05) is 19.8 Å². The summed E-state index contributed by atoms with van der Waals surface area (Å²) in [7, 11) is -4.12. The quantitative estimate of drug-likeness (QED) is 0.636. The summed E-state index contributed by atoms with van der Waals surface area (Å²) in [4.78, 5) is 10.0. The minimum atomic E-state index is -4.12. The highest BCUT2D eigenvalue weighted by atomic mass is 32.2. The summed E-state index contributed by atoms with van der Waals surface area (Å²) in [6.45, 7) is 3.12. The van der Waals surface area contributed by atoms with Crippen molar-refractivity contribution in [3.8, 4) is 0 Å². The molecule has 0 fully saturated rings. The Kier molecular flexibility index (Phi) is 7.43. The SMILES string of the molecule is CCCCOCCCNS(=O)(=O)c1cc(C(=O)[O-])ccc1F. The molecule has 1 rings (SSSR count). The summed E-state index contributed by atoms with van der Waals surface area (Å²) >= 11 is 0. The van der Waals surface area contributed by atoms with Gasteiger partial charge >= 0.3 is 0 Å². The van der Waals surface area contributed by atoms with Crippen LogP contribution in [0, 0.1) is 5.82 Å². The fraction of sp³-hybridized carbons (Fsp3) is 0.500. The molecule has 0 radical (unpaired) electrons. The van der Waals surface area contributed by atoms with Crippen LogP contribution in [-0.2, 0) is 14.8 Å². The van der Waals surface area contributed by atoms with Gasteiger partial charge in [-0.15, -0.1) is 0 Å². The first-order valence-corrected chi connectivity index (χ1v) is 8.45. The van der Waals surface area contributed by atoms with Crippen molar-refractivity contribution in [1.29, 1.82) is 0 Å². The average Bonchev–Trinajstić information content (AvgIpc) is 2.46. The maximum Gasteiger partial charge on any atom is 0.243 e. The minimum absolute atomic E-state index is 0.0729. The van der Waals surface area contributed by atoms with Crippen LogP contribution in [0.5, 0.6) is 0 Å². The molecule has 0 spiro atoms. The normalized spacial score (nSPS) is 11.5. The first-order valence-electron chi connectivity index (χ1n) is 6.96. The molecule has 22 heavy (non-hydrogen) atoms. The number of unbranched alkanes of at least 4 members (excludes halogenated alkanes) is 1. The Hall–Kier alpha value is -1.51. The molecule has 0 saturated heterocycles. The summed E-state index contributed by atoms with van der Waals surface area (Å²) < 4.78 is 45.0. The highest BCUT2D eigenvalue weighted by molar-refractivity contribution is 7.89. The van der Waals surface area contributed by atoms with Crippen LogP contribution in [0.1, 0.15) is 36.5 Å². The van der Waals surface area contributed by atoms with Crippen molar-refractivity contribution in [1.82, 2.24) is 4.72 Å². The molecule has 0 atom stereocenters. The molecule has 0 aliphatic rings. The van der Waals surface area contributed by atoms with Crippen molar-refractivity contribution in [2.75, 3.05) is 19.8 Å². The van der Waals surface area contributed by atoms with E-state index in [4.69, 9.17) is 4.74 Å². The smallest absolute Gasteiger partial charge is 0.243 e. The molecule has 0 bridgehead atoms. The Balaban J connectivity index is 2.59. The van der Waals surface area contributed by atoms with Crippen molar-refractivity contribution < 1.29 is 27.4 Å². The van der Waals surface area contributed by atoms with Gasteiger partial charge in [-0.2, -0.15) is 0 Å². The highest BCUT2D eigenvalue weighted by Crippen LogP contribution is 2.16. The molecule has 1 aromatic carbocycles. The fourth-order valence-corrected chi connectivity index (χ4v) is 2.82. The lowest BCUT2D eigenvalue weighted by molar-refractivity contribution is -0.255. The lowest BCUT2D eigenvalue weighted by Gasteiger charge is -2.10. The molecule has 124 valence electrons. The molecular weight excluding hydrogens is 313 g/mol. The van der Waals surface area contributed by atoms with Crippen LogP contribution >= 0.6 is 0 Å². The maximum absolute atomic E-state index is 13.6. The van der Waals surface area contributed by atoms with E-state index < -0.39 is 32.3 Å². The van der Waals surface area contributed by atoms with Crippen LogP contribution in [0.2, 0.25) is 0 Å². The number of hydrogen-bond donors (Lipinski definition) is 1. The molecule has 0 saturated carbocycles. The van der Waals surface area contributed by atoms with Gasteiger partial charge in [-0.05, 0) is 30.5 Å². The number of carboxylic acid groups (broad SMARTS) is 1. The van der Waals surface area contributed by atoms with E-state index in [0.717, 1.165) is 31.0 Å². The highest BCUT2D eigenvalue weighted by Gasteiger charge is 2.19. The number of halogens is 1. The molecule has 0 aliphatic heterocycles. The van der Waals surface area contributed by atoms with E-state index in [2.05, 4.69) is 4.72 Å². The molecule has 0 aliphatic carbocycles. The number of benzene rings is 1. The zero-order valence-electron chi connectivity index (χ0n) is 12.3. The minimum Gasteiger partial charge on any atom is -0.545 e. The van der Waals surface area contributed by atoms with Gasteiger partial charge in [0.25, 0.3) is 0 Å². The van der Waals surface area contributed by atoms with E-state index in [0.29, 0.717) is 19.6 Å². The van der Waals surface area contributed by atoms with Crippen molar-refractivity contribution >= 4 is 16.0 Å². The molecule has 0 heterocycles. The Bertz CT molecular complexity index is 603. The van der Waals surface area contributed by atoms with E-state index in [1.807, 2.05) is 6.92 Å². The first-order chi connectivity index (χ1) is 10.4. The van der Waals surface area contributed by atoms with E-state index in [1.54, 1.807) is 0 Å². The third-order valence-corrected chi connectivity index (χ3v) is 4.33. The topological polar surface area (TPSA) is 95.5 Å². The van der Waals surface area contributed by atoms with Gasteiger partial charge in [0.2, 0.25) is 10.0 Å². The van der Waals surface area contributed by atoms with Gasteiger partial charge in [-0.25, -0.2) is 17.5 Å². The monoisotopic (exact) mass is 332 g/mol.